The van der Waals surface area contributed by atoms with Gasteiger partial charge in [-0.3, -0.25) is 0 Å². The molecule has 0 aliphatic rings. The summed E-state index contributed by atoms with van der Waals surface area (Å²) in [6.07, 6.45) is 3.27. The molecule has 0 amide bonds. The molecule has 164 valence electrons. The molecule has 0 saturated heterocycles. The normalized spacial score (nSPS) is 11.6. The number of fused-ring (bicyclic) bond motifs is 1. The predicted molar refractivity (Wildman–Crippen MR) is 123 cm³/mol. The third kappa shape index (κ3) is 4.20. The maximum atomic E-state index is 13.1. The fourth-order valence-corrected chi connectivity index (χ4v) is 4.73. The molecule has 4 rings (SSSR count). The summed E-state index contributed by atoms with van der Waals surface area (Å²) in [6, 6.07) is 17.1. The highest BCUT2D eigenvalue weighted by molar-refractivity contribution is 7.89. The number of benzene rings is 3. The molecule has 1 aromatic heterocycles. The smallest absolute Gasteiger partial charge is 0.335 e. The van der Waals surface area contributed by atoms with Crippen LogP contribution >= 0.6 is 0 Å². The van der Waals surface area contributed by atoms with Gasteiger partial charge in [-0.1, -0.05) is 24.3 Å². The number of nitrogens with one attached hydrogen (secondary N) is 1. The lowest BCUT2D eigenvalue weighted by atomic mass is 10.1. The van der Waals surface area contributed by atoms with E-state index in [0.717, 1.165) is 11.1 Å². The Kier molecular flexibility index (Phi) is 5.68. The Labute approximate surface area is 185 Å². The molecule has 0 spiro atoms. The summed E-state index contributed by atoms with van der Waals surface area (Å²) in [5, 5.41) is 14.8. The van der Waals surface area contributed by atoms with Crippen molar-refractivity contribution < 1.29 is 18.3 Å². The van der Waals surface area contributed by atoms with Crippen LogP contribution in [0.15, 0.2) is 78.0 Å². The van der Waals surface area contributed by atoms with Gasteiger partial charge < -0.3 is 10.0 Å². The monoisotopic (exact) mass is 450 g/mol. The first-order chi connectivity index (χ1) is 15.3. The van der Waals surface area contributed by atoms with Gasteiger partial charge in [-0.2, -0.15) is 5.10 Å². The van der Waals surface area contributed by atoms with Crippen LogP contribution in [0.1, 0.15) is 15.9 Å². The first-order valence-corrected chi connectivity index (χ1v) is 11.3. The molecule has 8 nitrogen and oxygen atoms in total. The summed E-state index contributed by atoms with van der Waals surface area (Å²) < 4.78 is 30.4. The Morgan fingerprint density at radius 2 is 1.72 bits per heavy atom. The Bertz CT molecular complexity index is 1390. The summed E-state index contributed by atoms with van der Waals surface area (Å²) in [6.45, 7) is 0.0688. The summed E-state index contributed by atoms with van der Waals surface area (Å²) in [5.41, 5.74) is 2.47. The fraction of sp³-hybridized carbons (Fsp3) is 0.130. The highest BCUT2D eigenvalue weighted by Crippen LogP contribution is 2.30. The summed E-state index contributed by atoms with van der Waals surface area (Å²) in [7, 11) is 0.0666. The minimum atomic E-state index is -3.77. The van der Waals surface area contributed by atoms with Crippen molar-refractivity contribution in [2.45, 2.75) is 11.4 Å². The zero-order valence-corrected chi connectivity index (χ0v) is 18.4. The molecule has 0 fully saturated rings. The molecule has 2 N–H and O–H groups in total. The highest BCUT2D eigenvalue weighted by atomic mass is 32.2. The van der Waals surface area contributed by atoms with Crippen LogP contribution in [0.2, 0.25) is 0 Å². The second-order valence-corrected chi connectivity index (χ2v) is 9.23. The fourth-order valence-electron chi connectivity index (χ4n) is 3.49. The number of carbonyl (C=O) groups is 1. The van der Waals surface area contributed by atoms with Gasteiger partial charge in [0.2, 0.25) is 10.0 Å². The van der Waals surface area contributed by atoms with Gasteiger partial charge in [-0.25, -0.2) is 22.6 Å². The molecule has 0 unspecified atom stereocenters. The zero-order valence-electron chi connectivity index (χ0n) is 17.6. The molecule has 0 aliphatic heterocycles. The Hall–Kier alpha value is -3.69. The lowest BCUT2D eigenvalue weighted by Gasteiger charge is -2.17. The number of sulfonamides is 1. The average molecular weight is 451 g/mol. The van der Waals surface area contributed by atoms with E-state index in [4.69, 9.17) is 5.11 Å². The molecule has 32 heavy (non-hydrogen) atoms. The van der Waals surface area contributed by atoms with Gasteiger partial charge >= 0.3 is 5.97 Å². The van der Waals surface area contributed by atoms with Crippen LogP contribution < -0.4 is 9.62 Å². The van der Waals surface area contributed by atoms with Gasteiger partial charge in [0.15, 0.2) is 0 Å². The van der Waals surface area contributed by atoms with E-state index in [-0.39, 0.29) is 17.0 Å². The molecular formula is C23H22N4O4S. The SMILES string of the molecule is CN(C)c1cccc2c(S(=O)(=O)NCc3cnn(-c4ccc(C(=O)O)cc4)c3)cccc12. The van der Waals surface area contributed by atoms with Crippen molar-refractivity contribution in [2.24, 2.45) is 0 Å². The van der Waals surface area contributed by atoms with Gasteiger partial charge in [0.1, 0.15) is 0 Å². The molecule has 3 aromatic carbocycles. The van der Waals surface area contributed by atoms with Crippen LogP contribution in [-0.2, 0) is 16.6 Å². The van der Waals surface area contributed by atoms with E-state index in [1.807, 2.05) is 37.2 Å². The second kappa shape index (κ2) is 8.45. The van der Waals surface area contributed by atoms with Gasteiger partial charge in [0.25, 0.3) is 0 Å². The number of hydrogen-bond acceptors (Lipinski definition) is 5. The van der Waals surface area contributed by atoms with Gasteiger partial charge in [0.05, 0.1) is 22.3 Å². The number of rotatable bonds is 7. The van der Waals surface area contributed by atoms with Crippen molar-refractivity contribution in [2.75, 3.05) is 19.0 Å². The van der Waals surface area contributed by atoms with Crippen molar-refractivity contribution in [3.8, 4) is 5.69 Å². The quantitative estimate of drug-likeness (QED) is 0.448. The third-order valence-electron chi connectivity index (χ3n) is 5.11. The molecule has 4 aromatic rings. The molecule has 0 bridgehead atoms. The Balaban J connectivity index is 1.56. The van der Waals surface area contributed by atoms with Crippen LogP contribution in [-0.4, -0.2) is 43.4 Å². The highest BCUT2D eigenvalue weighted by Gasteiger charge is 2.18. The molecule has 1 heterocycles. The van der Waals surface area contributed by atoms with Crippen molar-refractivity contribution in [1.29, 1.82) is 0 Å². The summed E-state index contributed by atoms with van der Waals surface area (Å²) in [4.78, 5) is 13.2. The zero-order chi connectivity index (χ0) is 22.9. The number of carboxylic acids is 1. The van der Waals surface area contributed by atoms with E-state index in [1.54, 1.807) is 47.4 Å². The summed E-state index contributed by atoms with van der Waals surface area (Å²) in [5.74, 6) is -1.00. The van der Waals surface area contributed by atoms with E-state index >= 15 is 0 Å². The van der Waals surface area contributed by atoms with E-state index < -0.39 is 16.0 Å². The van der Waals surface area contributed by atoms with Gasteiger partial charge in [-0.15, -0.1) is 0 Å². The molecule has 0 atom stereocenters. The number of carboxylic acid groups (broad SMARTS) is 1. The minimum Gasteiger partial charge on any atom is -0.478 e. The minimum absolute atomic E-state index is 0.0688. The van der Waals surface area contributed by atoms with Gasteiger partial charge in [0, 0.05) is 48.9 Å². The standard InChI is InChI=1S/C23H22N4O4S/c1-26(2)21-7-3-6-20-19(21)5-4-8-22(20)32(30,31)25-14-16-13-24-27(15-16)18-11-9-17(10-12-18)23(28)29/h3-13,15,25H,14H2,1-2H3,(H,28,29). The molecule has 9 heteroatoms. The molecule has 0 saturated carbocycles. The first-order valence-electron chi connectivity index (χ1n) is 9.82. The largest absolute Gasteiger partial charge is 0.478 e. The number of aromatic carboxylic acids is 1. The molecular weight excluding hydrogens is 428 g/mol. The number of anilines is 1. The van der Waals surface area contributed by atoms with E-state index in [2.05, 4.69) is 9.82 Å². The second-order valence-electron chi connectivity index (χ2n) is 7.49. The van der Waals surface area contributed by atoms with E-state index in [9.17, 15) is 13.2 Å². The maximum absolute atomic E-state index is 13.1. The summed E-state index contributed by atoms with van der Waals surface area (Å²) >= 11 is 0. The molecule has 0 aliphatic carbocycles. The topological polar surface area (TPSA) is 105 Å². The van der Waals surface area contributed by atoms with Crippen LogP contribution in [0.4, 0.5) is 5.69 Å². The van der Waals surface area contributed by atoms with Crippen LogP contribution in [0.25, 0.3) is 16.5 Å². The maximum Gasteiger partial charge on any atom is 0.335 e. The van der Waals surface area contributed by atoms with Crippen molar-refractivity contribution in [3.05, 3.63) is 84.2 Å². The van der Waals surface area contributed by atoms with Crippen LogP contribution in [0.3, 0.4) is 0 Å². The number of nitrogens with zero attached hydrogens (tertiary/aromatic N) is 3. The predicted octanol–water partition coefficient (Wildman–Crippen LogP) is 3.27. The molecule has 0 radical (unpaired) electrons. The first kappa shape index (κ1) is 21.5. The Morgan fingerprint density at radius 3 is 2.41 bits per heavy atom. The lowest BCUT2D eigenvalue weighted by Crippen LogP contribution is -2.23. The lowest BCUT2D eigenvalue weighted by molar-refractivity contribution is 0.0697. The van der Waals surface area contributed by atoms with Crippen molar-refractivity contribution in [3.63, 3.8) is 0 Å². The van der Waals surface area contributed by atoms with E-state index in [1.165, 1.54) is 12.1 Å². The van der Waals surface area contributed by atoms with Crippen LogP contribution in [0, 0.1) is 0 Å². The van der Waals surface area contributed by atoms with E-state index in [0.29, 0.717) is 16.6 Å². The van der Waals surface area contributed by atoms with Gasteiger partial charge in [-0.05, 0) is 36.4 Å². The van der Waals surface area contributed by atoms with Crippen molar-refractivity contribution in [1.82, 2.24) is 14.5 Å². The number of aromatic nitrogens is 2. The third-order valence-corrected chi connectivity index (χ3v) is 6.57. The average Bonchev–Trinajstić information content (AvgIpc) is 3.26. The van der Waals surface area contributed by atoms with Crippen LogP contribution in [0.5, 0.6) is 0 Å². The van der Waals surface area contributed by atoms with Crippen molar-refractivity contribution >= 4 is 32.5 Å². The Morgan fingerprint density at radius 1 is 1.03 bits per heavy atom. The number of hydrogen-bond donors (Lipinski definition) is 2.